The minimum atomic E-state index is -0.958. The number of aromatic carboxylic acids is 1. The number of nitrogens with one attached hydrogen (secondary N) is 1. The van der Waals surface area contributed by atoms with Crippen LogP contribution in [0.4, 0.5) is 5.00 Å². The van der Waals surface area contributed by atoms with Gasteiger partial charge in [-0.2, -0.15) is 0 Å². The molecule has 3 aromatic heterocycles. The smallest absolute Gasteiger partial charge is 0.335 e. The van der Waals surface area contributed by atoms with Crippen LogP contribution in [0, 0.1) is 13.8 Å². The molecule has 0 aliphatic heterocycles. The quantitative estimate of drug-likeness (QED) is 0.303. The zero-order valence-electron chi connectivity index (χ0n) is 20.2. The molecule has 0 unspecified atom stereocenters. The average Bonchev–Trinajstić information content (AvgIpc) is 3.59. The van der Waals surface area contributed by atoms with Crippen LogP contribution in [0.2, 0.25) is 0 Å². The van der Waals surface area contributed by atoms with Crippen molar-refractivity contribution in [2.24, 2.45) is 4.99 Å². The molecule has 0 atom stereocenters. The Balaban J connectivity index is 1.46. The number of carboxylic acids is 1. The third-order valence-corrected chi connectivity index (χ3v) is 7.73. The van der Waals surface area contributed by atoms with E-state index in [2.05, 4.69) is 5.32 Å². The number of benzene rings is 1. The fourth-order valence-electron chi connectivity index (χ4n) is 4.77. The second-order valence-corrected chi connectivity index (χ2v) is 10.0. The van der Waals surface area contributed by atoms with Crippen molar-refractivity contribution in [3.05, 3.63) is 93.0 Å². The molecule has 1 aliphatic rings. The number of carboxylic acid groups (broad SMARTS) is 1. The molecule has 0 fully saturated rings. The van der Waals surface area contributed by atoms with Crippen LogP contribution in [0.3, 0.4) is 0 Å². The largest absolute Gasteiger partial charge is 0.478 e. The molecule has 0 saturated carbocycles. The molecular formula is C28H27N3O4S. The van der Waals surface area contributed by atoms with Gasteiger partial charge in [0.2, 0.25) is 0 Å². The van der Waals surface area contributed by atoms with E-state index in [1.54, 1.807) is 48.1 Å². The van der Waals surface area contributed by atoms with E-state index in [0.717, 1.165) is 58.9 Å². The highest BCUT2D eigenvalue weighted by atomic mass is 32.1. The number of hydrogen-bond donors (Lipinski definition) is 2. The lowest BCUT2D eigenvalue weighted by Crippen LogP contribution is -2.23. The number of aromatic nitrogens is 1. The highest BCUT2D eigenvalue weighted by molar-refractivity contribution is 7.16. The van der Waals surface area contributed by atoms with Crippen LogP contribution in [-0.4, -0.2) is 27.8 Å². The minimum Gasteiger partial charge on any atom is -0.478 e. The number of aliphatic imine (C=N–C) groups is 1. The monoisotopic (exact) mass is 501 g/mol. The van der Waals surface area contributed by atoms with E-state index in [1.165, 1.54) is 4.88 Å². The van der Waals surface area contributed by atoms with E-state index >= 15 is 0 Å². The van der Waals surface area contributed by atoms with Gasteiger partial charge in [-0.3, -0.25) is 4.79 Å². The first-order chi connectivity index (χ1) is 17.4. The molecule has 1 aliphatic carbocycles. The highest BCUT2D eigenvalue weighted by Crippen LogP contribution is 2.40. The Morgan fingerprint density at radius 1 is 1.17 bits per heavy atom. The zero-order valence-corrected chi connectivity index (χ0v) is 21.0. The molecule has 1 amide bonds. The maximum Gasteiger partial charge on any atom is 0.335 e. The predicted octanol–water partition coefficient (Wildman–Crippen LogP) is 6.01. The van der Waals surface area contributed by atoms with Crippen molar-refractivity contribution >= 4 is 34.4 Å². The molecule has 7 nitrogen and oxygen atoms in total. The summed E-state index contributed by atoms with van der Waals surface area (Å²) in [4.78, 5) is 30.7. The van der Waals surface area contributed by atoms with Crippen molar-refractivity contribution in [1.82, 2.24) is 9.88 Å². The number of thiophene rings is 1. The van der Waals surface area contributed by atoms with E-state index in [1.807, 2.05) is 36.6 Å². The van der Waals surface area contributed by atoms with Crippen LogP contribution in [-0.2, 0) is 19.4 Å². The van der Waals surface area contributed by atoms with Crippen molar-refractivity contribution in [2.75, 3.05) is 0 Å². The van der Waals surface area contributed by atoms with Crippen molar-refractivity contribution in [3.63, 3.8) is 0 Å². The summed E-state index contributed by atoms with van der Waals surface area (Å²) in [6.07, 6.45) is 7.46. The number of aryl methyl sites for hydroxylation is 2. The maximum absolute atomic E-state index is 13.2. The van der Waals surface area contributed by atoms with Crippen LogP contribution < -0.4 is 5.32 Å². The minimum absolute atomic E-state index is 0.131. The number of carbonyl (C=O) groups excluding carboxylic acids is 1. The Morgan fingerprint density at radius 3 is 2.78 bits per heavy atom. The first kappa shape index (κ1) is 23.8. The fourth-order valence-corrected chi connectivity index (χ4v) is 6.00. The molecule has 1 aromatic carbocycles. The topological polar surface area (TPSA) is 96.8 Å². The first-order valence-corrected chi connectivity index (χ1v) is 12.8. The van der Waals surface area contributed by atoms with E-state index < -0.39 is 5.97 Å². The molecule has 5 rings (SSSR count). The first-order valence-electron chi connectivity index (χ1n) is 11.9. The zero-order chi connectivity index (χ0) is 25.2. The Hall–Kier alpha value is -3.91. The van der Waals surface area contributed by atoms with Gasteiger partial charge in [-0.1, -0.05) is 6.07 Å². The lowest BCUT2D eigenvalue weighted by Gasteiger charge is -2.12. The third kappa shape index (κ3) is 4.64. The number of fused-ring (bicyclic) bond motifs is 1. The summed E-state index contributed by atoms with van der Waals surface area (Å²) < 4.78 is 7.37. The van der Waals surface area contributed by atoms with Crippen LogP contribution in [0.25, 0.3) is 5.69 Å². The van der Waals surface area contributed by atoms with Gasteiger partial charge in [-0.25, -0.2) is 9.79 Å². The van der Waals surface area contributed by atoms with Gasteiger partial charge in [-0.15, -0.1) is 11.3 Å². The molecule has 3 heterocycles. The number of hydrogen-bond acceptors (Lipinski definition) is 5. The van der Waals surface area contributed by atoms with Gasteiger partial charge in [0, 0.05) is 33.7 Å². The molecule has 36 heavy (non-hydrogen) atoms. The van der Waals surface area contributed by atoms with Gasteiger partial charge in [0.15, 0.2) is 0 Å². The number of rotatable bonds is 7. The van der Waals surface area contributed by atoms with Crippen LogP contribution in [0.15, 0.2) is 58.1 Å². The normalized spacial score (nSPS) is 13.2. The van der Waals surface area contributed by atoms with Crippen LogP contribution in [0.1, 0.15) is 66.7 Å². The Kier molecular flexibility index (Phi) is 6.61. The van der Waals surface area contributed by atoms with Gasteiger partial charge in [-0.05, 0) is 81.5 Å². The lowest BCUT2D eigenvalue weighted by atomic mass is 9.95. The molecule has 0 saturated heterocycles. The van der Waals surface area contributed by atoms with Gasteiger partial charge in [0.25, 0.3) is 5.91 Å². The summed E-state index contributed by atoms with van der Waals surface area (Å²) in [5.41, 5.74) is 5.65. The number of carbonyl (C=O) groups is 2. The van der Waals surface area contributed by atoms with Gasteiger partial charge < -0.3 is 19.4 Å². The van der Waals surface area contributed by atoms with E-state index in [-0.39, 0.29) is 11.5 Å². The van der Waals surface area contributed by atoms with Crippen molar-refractivity contribution in [1.29, 1.82) is 0 Å². The predicted molar refractivity (Wildman–Crippen MR) is 140 cm³/mol. The van der Waals surface area contributed by atoms with Gasteiger partial charge >= 0.3 is 5.97 Å². The molecule has 8 heteroatoms. The average molecular weight is 502 g/mol. The summed E-state index contributed by atoms with van der Waals surface area (Å²) in [6.45, 7) is 4.30. The molecule has 2 N–H and O–H groups in total. The molecular weight excluding hydrogens is 474 g/mol. The number of furan rings is 1. The molecule has 0 spiro atoms. The summed E-state index contributed by atoms with van der Waals surface area (Å²) in [5, 5.41) is 13.1. The maximum atomic E-state index is 13.2. The Morgan fingerprint density at radius 2 is 2.00 bits per heavy atom. The Bertz CT molecular complexity index is 1460. The van der Waals surface area contributed by atoms with E-state index in [4.69, 9.17) is 9.41 Å². The highest BCUT2D eigenvalue weighted by Gasteiger charge is 2.25. The fraction of sp³-hybridized carbons (Fsp3) is 0.250. The van der Waals surface area contributed by atoms with Crippen molar-refractivity contribution < 1.29 is 19.1 Å². The molecule has 184 valence electrons. The SMILES string of the molecule is Cc1cc(C=Nc2sc3c(c2C(=O)NCc2ccco2)CCCC3)c(C)n1-c1cccc(C(=O)O)c1. The summed E-state index contributed by atoms with van der Waals surface area (Å²) >= 11 is 1.60. The van der Waals surface area contributed by atoms with Gasteiger partial charge in [0.1, 0.15) is 10.8 Å². The van der Waals surface area contributed by atoms with E-state index in [0.29, 0.717) is 17.9 Å². The summed E-state index contributed by atoms with van der Waals surface area (Å²) in [6, 6.07) is 12.5. The number of amides is 1. The molecule has 0 radical (unpaired) electrons. The molecule has 4 aromatic rings. The second kappa shape index (κ2) is 9.99. The second-order valence-electron chi connectivity index (χ2n) is 8.93. The molecule has 0 bridgehead atoms. The Labute approximate surface area is 213 Å². The summed E-state index contributed by atoms with van der Waals surface area (Å²) in [5.74, 6) is -0.383. The van der Waals surface area contributed by atoms with Gasteiger partial charge in [0.05, 0.1) is 23.9 Å². The third-order valence-electron chi connectivity index (χ3n) is 6.53. The van der Waals surface area contributed by atoms with Crippen molar-refractivity contribution in [2.45, 2.75) is 46.1 Å². The van der Waals surface area contributed by atoms with Crippen LogP contribution >= 0.6 is 11.3 Å². The summed E-state index contributed by atoms with van der Waals surface area (Å²) in [7, 11) is 0. The van der Waals surface area contributed by atoms with Crippen LogP contribution in [0.5, 0.6) is 0 Å². The van der Waals surface area contributed by atoms with E-state index in [9.17, 15) is 14.7 Å². The standard InChI is InChI=1S/C28H27N3O4S/c1-17-13-20(18(2)31(17)21-8-5-7-19(14-21)28(33)34)15-30-27-25(23-10-3-4-11-24(23)36-27)26(32)29-16-22-9-6-12-35-22/h5-9,12-15H,3-4,10-11,16H2,1-2H3,(H,29,32)(H,33,34). The number of nitrogens with zero attached hydrogens (tertiary/aromatic N) is 2. The van der Waals surface area contributed by atoms with Crippen molar-refractivity contribution in [3.8, 4) is 5.69 Å². The lowest BCUT2D eigenvalue weighted by molar-refractivity contribution is 0.0696.